The van der Waals surface area contributed by atoms with Crippen molar-refractivity contribution in [2.24, 2.45) is 11.8 Å². The summed E-state index contributed by atoms with van der Waals surface area (Å²) in [6.45, 7) is 7.16. The minimum absolute atomic E-state index is 0.0378. The highest BCUT2D eigenvalue weighted by atomic mass is 16.1. The van der Waals surface area contributed by atoms with Gasteiger partial charge in [0.2, 0.25) is 0 Å². The molecule has 116 valence electrons. The second-order valence-electron chi connectivity index (χ2n) is 6.71. The van der Waals surface area contributed by atoms with E-state index >= 15 is 0 Å². The normalized spacial score (nSPS) is 22.3. The molecule has 1 aliphatic carbocycles. The lowest BCUT2D eigenvalue weighted by atomic mass is 9.82. The molecule has 21 heavy (non-hydrogen) atoms. The molecule has 2 rings (SSSR count). The zero-order valence-corrected chi connectivity index (χ0v) is 13.4. The molecule has 0 spiro atoms. The third-order valence-corrected chi connectivity index (χ3v) is 4.31. The van der Waals surface area contributed by atoms with Crippen molar-refractivity contribution in [2.75, 3.05) is 12.3 Å². The molecule has 0 bridgehead atoms. The van der Waals surface area contributed by atoms with Gasteiger partial charge in [0.15, 0.2) is 0 Å². The maximum absolute atomic E-state index is 12.3. The molecule has 1 aliphatic rings. The molecule has 0 radical (unpaired) electrons. The summed E-state index contributed by atoms with van der Waals surface area (Å²) >= 11 is 0. The number of amides is 1. The molecule has 1 amide bonds. The van der Waals surface area contributed by atoms with Crippen molar-refractivity contribution in [1.29, 1.82) is 0 Å². The zero-order valence-electron chi connectivity index (χ0n) is 13.4. The first-order chi connectivity index (χ1) is 9.95. The maximum atomic E-state index is 12.3. The molecule has 0 aromatic carbocycles. The topological polar surface area (TPSA) is 68.0 Å². The summed E-state index contributed by atoms with van der Waals surface area (Å²) in [6, 6.07) is 3.50. The number of nitrogen functional groups attached to an aromatic ring is 1. The molecule has 1 aromatic rings. The van der Waals surface area contributed by atoms with Crippen LogP contribution < -0.4 is 11.1 Å². The van der Waals surface area contributed by atoms with Crippen LogP contribution in [0.4, 0.5) is 5.82 Å². The number of pyridine rings is 1. The Bertz CT molecular complexity index is 499. The molecule has 4 nitrogen and oxygen atoms in total. The number of aromatic nitrogens is 1. The van der Waals surface area contributed by atoms with Gasteiger partial charge in [-0.15, -0.1) is 0 Å². The van der Waals surface area contributed by atoms with Gasteiger partial charge < -0.3 is 11.1 Å². The minimum atomic E-state index is -0.0378. The first-order valence-electron chi connectivity index (χ1n) is 8.01. The van der Waals surface area contributed by atoms with Crippen LogP contribution in [0.3, 0.4) is 0 Å². The quantitative estimate of drug-likeness (QED) is 0.893. The molecule has 0 aliphatic heterocycles. The number of hydrogen-bond acceptors (Lipinski definition) is 3. The first-order valence-corrected chi connectivity index (χ1v) is 8.01. The van der Waals surface area contributed by atoms with Gasteiger partial charge in [0.25, 0.3) is 5.91 Å². The molecular formula is C17H27N3O. The van der Waals surface area contributed by atoms with E-state index in [-0.39, 0.29) is 11.8 Å². The van der Waals surface area contributed by atoms with E-state index in [0.29, 0.717) is 17.3 Å². The van der Waals surface area contributed by atoms with Crippen LogP contribution in [0.15, 0.2) is 12.1 Å². The maximum Gasteiger partial charge on any atom is 0.251 e. The molecule has 4 heteroatoms. The molecule has 1 saturated carbocycles. The zero-order chi connectivity index (χ0) is 15.4. The van der Waals surface area contributed by atoms with Gasteiger partial charge in [-0.05, 0) is 42.7 Å². The molecule has 1 heterocycles. The SMILES string of the molecule is CC1CCCC(CNC(=O)c2cc(N)nc(C(C)C)c2)C1. The number of carbonyl (C=O) groups is 1. The number of carbonyl (C=O) groups excluding carboxylic acids is 1. The average Bonchev–Trinajstić information content (AvgIpc) is 2.44. The summed E-state index contributed by atoms with van der Waals surface area (Å²) in [5, 5.41) is 3.06. The molecule has 2 atom stereocenters. The van der Waals surface area contributed by atoms with Gasteiger partial charge in [-0.2, -0.15) is 0 Å². The molecule has 1 fully saturated rings. The van der Waals surface area contributed by atoms with E-state index < -0.39 is 0 Å². The summed E-state index contributed by atoms with van der Waals surface area (Å²) in [7, 11) is 0. The predicted octanol–water partition coefficient (Wildman–Crippen LogP) is 3.34. The Morgan fingerprint density at radius 3 is 2.86 bits per heavy atom. The van der Waals surface area contributed by atoms with E-state index in [2.05, 4.69) is 17.2 Å². The third-order valence-electron chi connectivity index (χ3n) is 4.31. The predicted molar refractivity (Wildman–Crippen MR) is 86.2 cm³/mol. The molecule has 3 N–H and O–H groups in total. The fraction of sp³-hybridized carbons (Fsp3) is 0.647. The van der Waals surface area contributed by atoms with Crippen molar-refractivity contribution >= 4 is 11.7 Å². The molecule has 0 saturated heterocycles. The van der Waals surface area contributed by atoms with E-state index in [1.165, 1.54) is 25.7 Å². The van der Waals surface area contributed by atoms with Crippen LogP contribution in [0.25, 0.3) is 0 Å². The Morgan fingerprint density at radius 1 is 1.43 bits per heavy atom. The highest BCUT2D eigenvalue weighted by molar-refractivity contribution is 5.94. The van der Waals surface area contributed by atoms with Crippen molar-refractivity contribution in [2.45, 2.75) is 52.4 Å². The monoisotopic (exact) mass is 289 g/mol. The van der Waals surface area contributed by atoms with Gasteiger partial charge in [-0.1, -0.05) is 33.6 Å². The van der Waals surface area contributed by atoms with Gasteiger partial charge >= 0.3 is 0 Å². The second kappa shape index (κ2) is 6.92. The molecule has 2 unspecified atom stereocenters. The summed E-state index contributed by atoms with van der Waals surface area (Å²) in [5.74, 6) is 2.03. The summed E-state index contributed by atoms with van der Waals surface area (Å²) in [6.07, 6.45) is 5.04. The van der Waals surface area contributed by atoms with Crippen molar-refractivity contribution in [3.05, 3.63) is 23.4 Å². The Hall–Kier alpha value is -1.58. The van der Waals surface area contributed by atoms with E-state index in [1.54, 1.807) is 6.07 Å². The van der Waals surface area contributed by atoms with E-state index in [0.717, 1.165) is 18.2 Å². The fourth-order valence-corrected chi connectivity index (χ4v) is 3.09. The molecular weight excluding hydrogens is 262 g/mol. The summed E-state index contributed by atoms with van der Waals surface area (Å²) < 4.78 is 0. The number of nitrogens with one attached hydrogen (secondary N) is 1. The number of anilines is 1. The Morgan fingerprint density at radius 2 is 2.19 bits per heavy atom. The smallest absolute Gasteiger partial charge is 0.251 e. The van der Waals surface area contributed by atoms with Crippen molar-refractivity contribution < 1.29 is 4.79 Å². The van der Waals surface area contributed by atoms with Crippen LogP contribution in [0, 0.1) is 11.8 Å². The third kappa shape index (κ3) is 4.45. The van der Waals surface area contributed by atoms with Crippen molar-refractivity contribution in [3.8, 4) is 0 Å². The van der Waals surface area contributed by atoms with Crippen LogP contribution in [0.1, 0.15) is 68.4 Å². The standard InChI is InChI=1S/C17H27N3O/c1-11(2)15-8-14(9-16(18)20-15)17(21)19-10-13-6-4-5-12(3)7-13/h8-9,11-13H,4-7,10H2,1-3H3,(H2,18,20)(H,19,21). The number of nitrogens with two attached hydrogens (primary N) is 1. The number of rotatable bonds is 4. The molecule has 1 aromatic heterocycles. The minimum Gasteiger partial charge on any atom is -0.384 e. The fourth-order valence-electron chi connectivity index (χ4n) is 3.09. The second-order valence-corrected chi connectivity index (χ2v) is 6.71. The van der Waals surface area contributed by atoms with Gasteiger partial charge in [-0.25, -0.2) is 4.98 Å². The lowest BCUT2D eigenvalue weighted by molar-refractivity contribution is 0.0940. The lowest BCUT2D eigenvalue weighted by Gasteiger charge is -2.26. The summed E-state index contributed by atoms with van der Waals surface area (Å²) in [4.78, 5) is 16.6. The Balaban J connectivity index is 1.96. The van der Waals surface area contributed by atoms with Gasteiger partial charge in [-0.3, -0.25) is 4.79 Å². The van der Waals surface area contributed by atoms with Gasteiger partial charge in [0.1, 0.15) is 5.82 Å². The van der Waals surface area contributed by atoms with Gasteiger partial charge in [0.05, 0.1) is 0 Å². The van der Waals surface area contributed by atoms with Crippen molar-refractivity contribution in [3.63, 3.8) is 0 Å². The Kier molecular flexibility index (Phi) is 5.21. The van der Waals surface area contributed by atoms with E-state index in [9.17, 15) is 4.79 Å². The van der Waals surface area contributed by atoms with Crippen molar-refractivity contribution in [1.82, 2.24) is 10.3 Å². The average molecular weight is 289 g/mol. The van der Waals surface area contributed by atoms with Crippen LogP contribution in [-0.2, 0) is 0 Å². The Labute approximate surface area is 127 Å². The highest BCUT2D eigenvalue weighted by Crippen LogP contribution is 2.28. The van der Waals surface area contributed by atoms with E-state index in [1.807, 2.05) is 19.9 Å². The van der Waals surface area contributed by atoms with Crippen LogP contribution in [-0.4, -0.2) is 17.4 Å². The summed E-state index contributed by atoms with van der Waals surface area (Å²) in [5.41, 5.74) is 7.29. The van der Waals surface area contributed by atoms with E-state index in [4.69, 9.17) is 5.73 Å². The number of hydrogen-bond donors (Lipinski definition) is 2. The van der Waals surface area contributed by atoms with Gasteiger partial charge in [0, 0.05) is 17.8 Å². The first kappa shape index (κ1) is 15.8. The lowest BCUT2D eigenvalue weighted by Crippen LogP contribution is -2.31. The largest absolute Gasteiger partial charge is 0.384 e. The van der Waals surface area contributed by atoms with Crippen LogP contribution in [0.5, 0.6) is 0 Å². The van der Waals surface area contributed by atoms with Crippen LogP contribution >= 0.6 is 0 Å². The number of nitrogens with zero attached hydrogens (tertiary/aromatic N) is 1. The highest BCUT2D eigenvalue weighted by Gasteiger charge is 2.20. The van der Waals surface area contributed by atoms with Crippen LogP contribution in [0.2, 0.25) is 0 Å².